The first kappa shape index (κ1) is 14.6. The van der Waals surface area contributed by atoms with Gasteiger partial charge >= 0.3 is 5.63 Å². The van der Waals surface area contributed by atoms with E-state index in [-0.39, 0.29) is 12.3 Å². The zero-order valence-electron chi connectivity index (χ0n) is 12.8. The van der Waals surface area contributed by atoms with E-state index in [4.69, 9.17) is 4.42 Å². The minimum atomic E-state index is -0.401. The van der Waals surface area contributed by atoms with Crippen molar-refractivity contribution in [1.29, 1.82) is 0 Å². The van der Waals surface area contributed by atoms with Gasteiger partial charge in [0.15, 0.2) is 4.96 Å². The highest BCUT2D eigenvalue weighted by Gasteiger charge is 2.10. The second-order valence-corrected chi connectivity index (χ2v) is 6.38. The summed E-state index contributed by atoms with van der Waals surface area (Å²) in [5.41, 5.74) is 2.20. The molecule has 4 aromatic rings. The van der Waals surface area contributed by atoms with Crippen LogP contribution in [0.3, 0.4) is 0 Å². The molecule has 120 valence electrons. The number of benzene rings is 1. The SMILES string of the molecule is Cc1cc(=O)oc2cc(NC(=O)Cc3cn4ccsc4n3)ccc12. The number of anilines is 1. The topological polar surface area (TPSA) is 76.6 Å². The number of thiazole rings is 1. The number of nitrogens with zero attached hydrogens (tertiary/aromatic N) is 2. The van der Waals surface area contributed by atoms with Crippen molar-refractivity contribution in [3.8, 4) is 0 Å². The quantitative estimate of drug-likeness (QED) is 0.582. The molecule has 0 aliphatic carbocycles. The molecule has 1 amide bonds. The maximum Gasteiger partial charge on any atom is 0.336 e. The van der Waals surface area contributed by atoms with E-state index in [2.05, 4.69) is 10.3 Å². The highest BCUT2D eigenvalue weighted by molar-refractivity contribution is 7.15. The van der Waals surface area contributed by atoms with Crippen LogP contribution in [-0.4, -0.2) is 15.3 Å². The van der Waals surface area contributed by atoms with Gasteiger partial charge in [0.2, 0.25) is 5.91 Å². The van der Waals surface area contributed by atoms with Gasteiger partial charge in [-0.15, -0.1) is 11.3 Å². The van der Waals surface area contributed by atoms with Crippen molar-refractivity contribution in [2.45, 2.75) is 13.3 Å². The van der Waals surface area contributed by atoms with Crippen LogP contribution in [-0.2, 0) is 11.2 Å². The van der Waals surface area contributed by atoms with Crippen molar-refractivity contribution in [1.82, 2.24) is 9.38 Å². The van der Waals surface area contributed by atoms with E-state index in [1.807, 2.05) is 35.2 Å². The van der Waals surface area contributed by atoms with E-state index in [0.717, 1.165) is 15.9 Å². The molecule has 3 aromatic heterocycles. The van der Waals surface area contributed by atoms with Gasteiger partial charge in [0.25, 0.3) is 0 Å². The van der Waals surface area contributed by atoms with Gasteiger partial charge in [-0.1, -0.05) is 0 Å². The smallest absolute Gasteiger partial charge is 0.336 e. The molecule has 0 aliphatic rings. The van der Waals surface area contributed by atoms with Crippen LogP contribution in [0.25, 0.3) is 15.9 Å². The third-order valence-corrected chi connectivity index (χ3v) is 4.49. The number of aromatic nitrogens is 2. The van der Waals surface area contributed by atoms with Crippen LogP contribution in [0.5, 0.6) is 0 Å². The molecule has 24 heavy (non-hydrogen) atoms. The maximum absolute atomic E-state index is 12.2. The van der Waals surface area contributed by atoms with Gasteiger partial charge in [-0.3, -0.25) is 9.20 Å². The van der Waals surface area contributed by atoms with E-state index in [9.17, 15) is 9.59 Å². The number of hydrogen-bond donors (Lipinski definition) is 1. The lowest BCUT2D eigenvalue weighted by Gasteiger charge is -2.06. The zero-order chi connectivity index (χ0) is 16.7. The van der Waals surface area contributed by atoms with Crippen molar-refractivity contribution in [2.24, 2.45) is 0 Å². The van der Waals surface area contributed by atoms with Gasteiger partial charge in [0.05, 0.1) is 12.1 Å². The van der Waals surface area contributed by atoms with Gasteiger partial charge in [0.1, 0.15) is 5.58 Å². The van der Waals surface area contributed by atoms with Crippen molar-refractivity contribution < 1.29 is 9.21 Å². The normalized spacial score (nSPS) is 11.2. The number of carbonyl (C=O) groups is 1. The van der Waals surface area contributed by atoms with E-state index in [0.29, 0.717) is 17.0 Å². The summed E-state index contributed by atoms with van der Waals surface area (Å²) in [7, 11) is 0. The Morgan fingerprint density at radius 2 is 2.25 bits per heavy atom. The van der Waals surface area contributed by atoms with Gasteiger partial charge in [0, 0.05) is 41.0 Å². The molecule has 0 bridgehead atoms. The number of rotatable bonds is 3. The molecular weight excluding hydrogens is 326 g/mol. The summed E-state index contributed by atoms with van der Waals surface area (Å²) >= 11 is 1.52. The predicted molar refractivity (Wildman–Crippen MR) is 92.6 cm³/mol. The summed E-state index contributed by atoms with van der Waals surface area (Å²) in [6.45, 7) is 1.85. The summed E-state index contributed by atoms with van der Waals surface area (Å²) in [6, 6.07) is 6.73. The lowest BCUT2D eigenvalue weighted by atomic mass is 10.1. The molecule has 0 radical (unpaired) electrons. The van der Waals surface area contributed by atoms with Crippen LogP contribution in [0.4, 0.5) is 5.69 Å². The molecule has 0 saturated heterocycles. The largest absolute Gasteiger partial charge is 0.423 e. The average Bonchev–Trinajstić information content (AvgIpc) is 3.07. The van der Waals surface area contributed by atoms with Crippen LogP contribution in [0.2, 0.25) is 0 Å². The average molecular weight is 339 g/mol. The first-order chi connectivity index (χ1) is 11.6. The lowest BCUT2D eigenvalue weighted by molar-refractivity contribution is -0.115. The number of carbonyl (C=O) groups excluding carboxylic acids is 1. The van der Waals surface area contributed by atoms with E-state index < -0.39 is 5.63 Å². The monoisotopic (exact) mass is 339 g/mol. The fourth-order valence-electron chi connectivity index (χ4n) is 2.63. The van der Waals surface area contributed by atoms with Crippen molar-refractivity contribution >= 4 is 38.9 Å². The van der Waals surface area contributed by atoms with E-state index >= 15 is 0 Å². The molecule has 4 rings (SSSR count). The van der Waals surface area contributed by atoms with Crippen LogP contribution >= 0.6 is 11.3 Å². The van der Waals surface area contributed by atoms with Gasteiger partial charge in [-0.25, -0.2) is 9.78 Å². The fourth-order valence-corrected chi connectivity index (χ4v) is 3.35. The number of nitrogens with one attached hydrogen (secondary N) is 1. The zero-order valence-corrected chi connectivity index (χ0v) is 13.6. The Hall–Kier alpha value is -2.93. The molecule has 0 saturated carbocycles. The molecule has 3 heterocycles. The molecule has 1 aromatic carbocycles. The summed E-state index contributed by atoms with van der Waals surface area (Å²) in [6.07, 6.45) is 3.93. The highest BCUT2D eigenvalue weighted by Crippen LogP contribution is 2.21. The van der Waals surface area contributed by atoms with Gasteiger partial charge in [-0.05, 0) is 24.6 Å². The summed E-state index contributed by atoms with van der Waals surface area (Å²) in [5.74, 6) is -0.171. The molecule has 0 spiro atoms. The summed E-state index contributed by atoms with van der Waals surface area (Å²) < 4.78 is 7.08. The Bertz CT molecular complexity index is 1090. The first-order valence-electron chi connectivity index (χ1n) is 7.34. The van der Waals surface area contributed by atoms with Crippen LogP contribution < -0.4 is 10.9 Å². The van der Waals surface area contributed by atoms with E-state index in [1.54, 1.807) is 12.1 Å². The Labute approximate surface area is 140 Å². The maximum atomic E-state index is 12.2. The summed E-state index contributed by atoms with van der Waals surface area (Å²) in [4.78, 5) is 28.9. The molecule has 0 atom stereocenters. The fraction of sp³-hybridized carbons (Fsp3) is 0.118. The second kappa shape index (κ2) is 5.61. The minimum absolute atomic E-state index is 0.171. The van der Waals surface area contributed by atoms with Crippen molar-refractivity contribution in [3.05, 3.63) is 63.7 Å². The first-order valence-corrected chi connectivity index (χ1v) is 8.22. The second-order valence-electron chi connectivity index (χ2n) is 5.51. The third-order valence-electron chi connectivity index (χ3n) is 3.72. The molecule has 0 fully saturated rings. The van der Waals surface area contributed by atoms with Gasteiger partial charge in [-0.2, -0.15) is 0 Å². The molecular formula is C17H13N3O3S. The lowest BCUT2D eigenvalue weighted by Crippen LogP contribution is -2.14. The Morgan fingerprint density at radius 3 is 3.08 bits per heavy atom. The molecule has 1 N–H and O–H groups in total. The predicted octanol–water partition coefficient (Wildman–Crippen LogP) is 2.99. The number of aryl methyl sites for hydroxylation is 1. The van der Waals surface area contributed by atoms with Gasteiger partial charge < -0.3 is 9.73 Å². The number of hydrogen-bond acceptors (Lipinski definition) is 5. The van der Waals surface area contributed by atoms with Crippen LogP contribution in [0, 0.1) is 6.92 Å². The van der Waals surface area contributed by atoms with Crippen molar-refractivity contribution in [3.63, 3.8) is 0 Å². The third kappa shape index (κ3) is 2.69. The number of fused-ring (bicyclic) bond motifs is 2. The Balaban J connectivity index is 1.55. The molecule has 0 unspecified atom stereocenters. The summed E-state index contributed by atoms with van der Waals surface area (Å²) in [5, 5.41) is 5.60. The highest BCUT2D eigenvalue weighted by atomic mass is 32.1. The standard InChI is InChI=1S/C17H13N3O3S/c1-10-6-16(22)23-14-7-11(2-3-13(10)14)18-15(21)8-12-9-20-4-5-24-17(20)19-12/h2-7,9H,8H2,1H3,(H,18,21). The van der Waals surface area contributed by atoms with Crippen molar-refractivity contribution in [2.75, 3.05) is 5.32 Å². The van der Waals surface area contributed by atoms with Crippen LogP contribution in [0.15, 0.2) is 51.3 Å². The Morgan fingerprint density at radius 1 is 1.38 bits per heavy atom. The van der Waals surface area contributed by atoms with Crippen LogP contribution in [0.1, 0.15) is 11.3 Å². The minimum Gasteiger partial charge on any atom is -0.423 e. The number of amides is 1. The Kier molecular flexibility index (Phi) is 3.42. The molecule has 6 nitrogen and oxygen atoms in total. The molecule has 7 heteroatoms. The molecule has 0 aliphatic heterocycles. The number of imidazole rings is 1. The van der Waals surface area contributed by atoms with E-state index in [1.165, 1.54) is 17.4 Å².